The van der Waals surface area contributed by atoms with Crippen molar-refractivity contribution in [1.82, 2.24) is 19.0 Å². The molecule has 30 heavy (non-hydrogen) atoms. The Kier molecular flexibility index (Phi) is 5.77. The van der Waals surface area contributed by atoms with Crippen molar-refractivity contribution in [2.75, 3.05) is 13.1 Å². The molecule has 4 rings (SSSR count). The number of hydrogen-bond donors (Lipinski definition) is 1. The standard InChI is InChI=1S/C20H20ClFN4O3S/c21-15-3-8-19-24-17(13-25(19)12-15)10-23-20(27)14-2-1-9-26(11-14)30(28,29)18-6-4-16(22)5-7-18/h3-8,12-14H,1-2,9-11H2,(H,23,27). The molecule has 0 spiro atoms. The van der Waals surface area contributed by atoms with Crippen LogP contribution in [0.4, 0.5) is 4.39 Å². The van der Waals surface area contributed by atoms with Gasteiger partial charge in [-0.25, -0.2) is 17.8 Å². The van der Waals surface area contributed by atoms with Crippen LogP contribution in [0.25, 0.3) is 5.65 Å². The van der Waals surface area contributed by atoms with Crippen molar-refractivity contribution in [3.8, 4) is 0 Å². The number of piperidine rings is 1. The summed E-state index contributed by atoms with van der Waals surface area (Å²) in [5.41, 5.74) is 1.40. The maximum absolute atomic E-state index is 13.1. The van der Waals surface area contributed by atoms with E-state index in [2.05, 4.69) is 10.3 Å². The highest BCUT2D eigenvalue weighted by Crippen LogP contribution is 2.24. The normalized spacial score (nSPS) is 17.9. The Morgan fingerprint density at radius 2 is 1.97 bits per heavy atom. The Morgan fingerprint density at radius 3 is 2.73 bits per heavy atom. The quantitative estimate of drug-likeness (QED) is 0.647. The molecular formula is C20H20ClFN4O3S. The number of fused-ring (bicyclic) bond motifs is 1. The predicted octanol–water partition coefficient (Wildman–Crippen LogP) is 2.84. The number of imidazole rings is 1. The van der Waals surface area contributed by atoms with Crippen molar-refractivity contribution in [2.45, 2.75) is 24.3 Å². The van der Waals surface area contributed by atoms with Crippen molar-refractivity contribution < 1.29 is 17.6 Å². The molecular weight excluding hydrogens is 431 g/mol. The number of halogens is 2. The van der Waals surface area contributed by atoms with Crippen LogP contribution < -0.4 is 5.32 Å². The van der Waals surface area contributed by atoms with Crippen LogP contribution in [0.3, 0.4) is 0 Å². The first-order chi connectivity index (χ1) is 14.3. The van der Waals surface area contributed by atoms with Crippen molar-refractivity contribution in [3.05, 3.63) is 65.3 Å². The molecule has 0 radical (unpaired) electrons. The molecule has 1 unspecified atom stereocenters. The number of amides is 1. The summed E-state index contributed by atoms with van der Waals surface area (Å²) < 4.78 is 41.8. The van der Waals surface area contributed by atoms with E-state index in [0.29, 0.717) is 30.1 Å². The summed E-state index contributed by atoms with van der Waals surface area (Å²) in [6.45, 7) is 0.655. The molecule has 1 saturated heterocycles. The first-order valence-corrected chi connectivity index (χ1v) is 11.3. The third-order valence-electron chi connectivity index (χ3n) is 5.11. The van der Waals surface area contributed by atoms with Gasteiger partial charge in [0.25, 0.3) is 0 Å². The number of carbonyl (C=O) groups excluding carboxylic acids is 1. The van der Waals surface area contributed by atoms with Gasteiger partial charge in [-0.2, -0.15) is 4.31 Å². The zero-order chi connectivity index (χ0) is 21.3. The van der Waals surface area contributed by atoms with Crippen LogP contribution in [0, 0.1) is 11.7 Å². The molecule has 1 N–H and O–H groups in total. The van der Waals surface area contributed by atoms with Gasteiger partial charge >= 0.3 is 0 Å². The first kappa shape index (κ1) is 20.8. The molecule has 1 atom stereocenters. The fourth-order valence-electron chi connectivity index (χ4n) is 3.55. The molecule has 2 aromatic heterocycles. The molecule has 1 aliphatic heterocycles. The molecule has 10 heteroatoms. The van der Waals surface area contributed by atoms with Crippen LogP contribution in [0.2, 0.25) is 5.02 Å². The van der Waals surface area contributed by atoms with Gasteiger partial charge in [-0.3, -0.25) is 4.79 Å². The third kappa shape index (κ3) is 4.33. The summed E-state index contributed by atoms with van der Waals surface area (Å²) >= 11 is 5.97. The number of pyridine rings is 1. The van der Waals surface area contributed by atoms with E-state index in [0.717, 1.165) is 17.8 Å². The lowest BCUT2D eigenvalue weighted by atomic mass is 9.99. The second-order valence-corrected chi connectivity index (χ2v) is 9.59. The largest absolute Gasteiger partial charge is 0.350 e. The van der Waals surface area contributed by atoms with Crippen LogP contribution >= 0.6 is 11.6 Å². The molecule has 0 saturated carbocycles. The van der Waals surface area contributed by atoms with Gasteiger partial charge in [-0.05, 0) is 49.2 Å². The van der Waals surface area contributed by atoms with Crippen LogP contribution in [0.5, 0.6) is 0 Å². The molecule has 1 aliphatic rings. The van der Waals surface area contributed by atoms with E-state index >= 15 is 0 Å². The van der Waals surface area contributed by atoms with E-state index in [1.165, 1.54) is 16.4 Å². The van der Waals surface area contributed by atoms with Crippen molar-refractivity contribution in [2.24, 2.45) is 5.92 Å². The van der Waals surface area contributed by atoms with Crippen LogP contribution in [-0.4, -0.2) is 41.1 Å². The van der Waals surface area contributed by atoms with E-state index < -0.39 is 21.8 Å². The number of hydrogen-bond acceptors (Lipinski definition) is 4. The van der Waals surface area contributed by atoms with Gasteiger partial charge in [0.1, 0.15) is 11.5 Å². The van der Waals surface area contributed by atoms with E-state index in [1.807, 2.05) is 0 Å². The van der Waals surface area contributed by atoms with Crippen molar-refractivity contribution >= 4 is 33.2 Å². The molecule has 1 amide bonds. The minimum absolute atomic E-state index is 0.0216. The lowest BCUT2D eigenvalue weighted by molar-refractivity contribution is -0.126. The number of aromatic nitrogens is 2. The Labute approximate surface area is 178 Å². The highest BCUT2D eigenvalue weighted by Gasteiger charge is 2.33. The number of nitrogens with zero attached hydrogens (tertiary/aromatic N) is 3. The van der Waals surface area contributed by atoms with Crippen LogP contribution in [0.1, 0.15) is 18.5 Å². The lowest BCUT2D eigenvalue weighted by Gasteiger charge is -2.31. The molecule has 7 nitrogen and oxygen atoms in total. The van der Waals surface area contributed by atoms with Gasteiger partial charge in [0.05, 0.1) is 28.1 Å². The van der Waals surface area contributed by atoms with Gasteiger partial charge < -0.3 is 9.72 Å². The van der Waals surface area contributed by atoms with Gasteiger partial charge in [0.2, 0.25) is 15.9 Å². The zero-order valence-corrected chi connectivity index (χ0v) is 17.5. The summed E-state index contributed by atoms with van der Waals surface area (Å²) in [7, 11) is -3.78. The molecule has 158 valence electrons. The number of benzene rings is 1. The Balaban J connectivity index is 1.41. The minimum atomic E-state index is -3.78. The van der Waals surface area contributed by atoms with E-state index in [-0.39, 0.29) is 23.9 Å². The Morgan fingerprint density at radius 1 is 1.20 bits per heavy atom. The molecule has 1 fully saturated rings. The minimum Gasteiger partial charge on any atom is -0.350 e. The summed E-state index contributed by atoms with van der Waals surface area (Å²) in [6, 6.07) is 8.23. The van der Waals surface area contributed by atoms with Crippen LogP contribution in [-0.2, 0) is 21.4 Å². The van der Waals surface area contributed by atoms with Gasteiger partial charge in [-0.1, -0.05) is 11.6 Å². The van der Waals surface area contributed by atoms with E-state index in [4.69, 9.17) is 11.6 Å². The predicted molar refractivity (Wildman–Crippen MR) is 110 cm³/mol. The van der Waals surface area contributed by atoms with Gasteiger partial charge in [-0.15, -0.1) is 0 Å². The SMILES string of the molecule is O=C(NCc1cn2cc(Cl)ccc2n1)C1CCCN(S(=O)(=O)c2ccc(F)cc2)C1. The molecule has 3 heterocycles. The molecule has 0 bridgehead atoms. The number of sulfonamides is 1. The number of nitrogens with one attached hydrogen (secondary N) is 1. The van der Waals surface area contributed by atoms with Crippen molar-refractivity contribution in [1.29, 1.82) is 0 Å². The lowest BCUT2D eigenvalue weighted by Crippen LogP contribution is -2.45. The summed E-state index contributed by atoms with van der Waals surface area (Å²) in [5.74, 6) is -1.18. The summed E-state index contributed by atoms with van der Waals surface area (Å²) in [4.78, 5) is 17.1. The second-order valence-electron chi connectivity index (χ2n) is 7.22. The fourth-order valence-corrected chi connectivity index (χ4v) is 5.25. The Hall–Kier alpha value is -2.49. The number of carbonyl (C=O) groups is 1. The average Bonchev–Trinajstić information content (AvgIpc) is 3.14. The third-order valence-corrected chi connectivity index (χ3v) is 7.22. The highest BCUT2D eigenvalue weighted by molar-refractivity contribution is 7.89. The topological polar surface area (TPSA) is 83.8 Å². The maximum Gasteiger partial charge on any atom is 0.243 e. The van der Waals surface area contributed by atoms with Crippen LogP contribution in [0.15, 0.2) is 53.7 Å². The molecule has 0 aliphatic carbocycles. The maximum atomic E-state index is 13.1. The second kappa shape index (κ2) is 8.33. The molecule has 3 aromatic rings. The fraction of sp³-hybridized carbons (Fsp3) is 0.300. The van der Waals surface area contributed by atoms with E-state index in [9.17, 15) is 17.6 Å². The van der Waals surface area contributed by atoms with E-state index in [1.54, 1.807) is 28.9 Å². The summed E-state index contributed by atoms with van der Waals surface area (Å²) in [5, 5.41) is 3.43. The average molecular weight is 451 g/mol. The van der Waals surface area contributed by atoms with Gasteiger partial charge in [0, 0.05) is 25.5 Å². The molecule has 1 aromatic carbocycles. The summed E-state index contributed by atoms with van der Waals surface area (Å²) in [6.07, 6.45) is 4.69. The van der Waals surface area contributed by atoms with Crippen molar-refractivity contribution in [3.63, 3.8) is 0 Å². The Bertz CT molecular complexity index is 1180. The zero-order valence-electron chi connectivity index (χ0n) is 16.0. The number of rotatable bonds is 5. The van der Waals surface area contributed by atoms with Gasteiger partial charge in [0.15, 0.2) is 0 Å². The smallest absolute Gasteiger partial charge is 0.243 e. The highest BCUT2D eigenvalue weighted by atomic mass is 35.5. The monoisotopic (exact) mass is 450 g/mol. The first-order valence-electron chi connectivity index (χ1n) is 9.49.